The van der Waals surface area contributed by atoms with Crippen molar-refractivity contribution in [3.63, 3.8) is 0 Å². The minimum Gasteiger partial charge on any atom is -0.359 e. The number of hydrogen-bond acceptors (Lipinski definition) is 3. The maximum atomic E-state index is 11.8. The Morgan fingerprint density at radius 3 is 2.44 bits per heavy atom. The second-order valence-corrected chi connectivity index (χ2v) is 3.66. The minimum atomic E-state index is -4.40. The van der Waals surface area contributed by atoms with E-state index in [0.717, 1.165) is 0 Å². The van der Waals surface area contributed by atoms with Crippen LogP contribution in [0.25, 0.3) is 0 Å². The predicted octanol–water partition coefficient (Wildman–Crippen LogP) is 0.632. The molecule has 96 valence electrons. The third-order valence-corrected chi connectivity index (χ3v) is 1.72. The van der Waals surface area contributed by atoms with Crippen LogP contribution in [0, 0.1) is 0 Å². The smallest absolute Gasteiger partial charge is 0.359 e. The van der Waals surface area contributed by atoms with Gasteiger partial charge in [-0.3, -0.25) is 4.79 Å². The highest BCUT2D eigenvalue weighted by atomic mass is 19.4. The first-order valence-electron chi connectivity index (χ1n) is 4.83. The summed E-state index contributed by atoms with van der Waals surface area (Å²) in [6, 6.07) is 0. The fourth-order valence-corrected chi connectivity index (χ4v) is 0.842. The van der Waals surface area contributed by atoms with E-state index in [1.54, 1.807) is 0 Å². The average Bonchev–Trinajstić information content (AvgIpc) is 2.12. The van der Waals surface area contributed by atoms with Crippen LogP contribution in [0.1, 0.15) is 6.92 Å². The van der Waals surface area contributed by atoms with Crippen molar-refractivity contribution in [3.8, 4) is 0 Å². The minimum absolute atomic E-state index is 0.381. The fourth-order valence-electron chi connectivity index (χ4n) is 0.842. The van der Waals surface area contributed by atoms with E-state index in [0.29, 0.717) is 13.1 Å². The molecule has 0 aliphatic rings. The van der Waals surface area contributed by atoms with Crippen molar-refractivity contribution >= 4 is 5.91 Å². The maximum absolute atomic E-state index is 11.8. The Morgan fingerprint density at radius 1 is 1.44 bits per heavy atom. The summed E-state index contributed by atoms with van der Waals surface area (Å²) >= 11 is 0. The molecule has 0 aliphatic heterocycles. The number of nitrogens with zero attached hydrogens (tertiary/aromatic N) is 1. The van der Waals surface area contributed by atoms with Crippen molar-refractivity contribution in [2.45, 2.75) is 19.2 Å². The molecule has 4 nitrogen and oxygen atoms in total. The number of alkyl halides is 3. The summed E-state index contributed by atoms with van der Waals surface area (Å²) in [5.41, 5.74) is 0. The molecule has 0 saturated heterocycles. The lowest BCUT2D eigenvalue weighted by molar-refractivity contribution is -0.185. The highest BCUT2D eigenvalue weighted by molar-refractivity contribution is 5.80. The molecule has 0 aliphatic carbocycles. The normalized spacial score (nSPS) is 13.9. The molecule has 1 N–H and O–H groups in total. The van der Waals surface area contributed by atoms with Crippen LogP contribution in [-0.4, -0.2) is 56.9 Å². The number of hydrogen-bond donors (Lipinski definition) is 1. The molecule has 0 saturated carbocycles. The molecule has 0 heterocycles. The van der Waals surface area contributed by atoms with Gasteiger partial charge in [0.25, 0.3) is 0 Å². The van der Waals surface area contributed by atoms with Gasteiger partial charge in [0.05, 0.1) is 0 Å². The first-order valence-corrected chi connectivity index (χ1v) is 4.83. The van der Waals surface area contributed by atoms with Crippen LogP contribution in [0.2, 0.25) is 0 Å². The second-order valence-electron chi connectivity index (χ2n) is 3.66. The van der Waals surface area contributed by atoms with Crippen LogP contribution in [0.4, 0.5) is 13.2 Å². The van der Waals surface area contributed by atoms with Gasteiger partial charge in [0.2, 0.25) is 5.91 Å². The molecule has 0 rings (SSSR count). The molecule has 0 spiro atoms. The Kier molecular flexibility index (Phi) is 6.35. The number of amides is 1. The second kappa shape index (κ2) is 6.70. The number of likely N-dealkylation sites (N-methyl/N-ethyl adjacent to an activating group) is 1. The van der Waals surface area contributed by atoms with E-state index >= 15 is 0 Å². The Bertz CT molecular complexity index is 219. The summed E-state index contributed by atoms with van der Waals surface area (Å²) in [5.74, 6) is -0.536. The molecule has 0 aromatic heterocycles. The van der Waals surface area contributed by atoms with E-state index in [2.05, 4.69) is 10.1 Å². The summed E-state index contributed by atoms with van der Waals surface area (Å²) in [5, 5.41) is 2.48. The zero-order valence-electron chi connectivity index (χ0n) is 9.60. The number of rotatable bonds is 6. The lowest BCUT2D eigenvalue weighted by Crippen LogP contribution is -2.39. The monoisotopic (exact) mass is 242 g/mol. The fraction of sp³-hybridized carbons (Fsp3) is 0.889. The van der Waals surface area contributed by atoms with E-state index in [-0.39, 0.29) is 0 Å². The van der Waals surface area contributed by atoms with Gasteiger partial charge in [-0.25, -0.2) is 0 Å². The largest absolute Gasteiger partial charge is 0.411 e. The standard InChI is InChI=1S/C9H17F3N2O2/c1-7(16-6-9(10,11)12)8(15)13-4-5-14(2)3/h7H,4-6H2,1-3H3,(H,13,15). The molecule has 1 amide bonds. The van der Waals surface area contributed by atoms with E-state index in [1.165, 1.54) is 6.92 Å². The van der Waals surface area contributed by atoms with Crippen molar-refractivity contribution in [3.05, 3.63) is 0 Å². The lowest BCUT2D eigenvalue weighted by Gasteiger charge is -2.15. The van der Waals surface area contributed by atoms with Gasteiger partial charge in [0.15, 0.2) is 0 Å². The lowest BCUT2D eigenvalue weighted by atomic mass is 10.3. The van der Waals surface area contributed by atoms with Gasteiger partial charge >= 0.3 is 6.18 Å². The molecule has 0 radical (unpaired) electrons. The number of halogens is 3. The number of nitrogens with one attached hydrogen (secondary N) is 1. The van der Waals surface area contributed by atoms with E-state index in [4.69, 9.17) is 0 Å². The van der Waals surface area contributed by atoms with Gasteiger partial charge in [0.1, 0.15) is 12.7 Å². The van der Waals surface area contributed by atoms with Gasteiger partial charge in [-0.05, 0) is 21.0 Å². The Hall–Kier alpha value is -0.820. The zero-order chi connectivity index (χ0) is 12.8. The van der Waals surface area contributed by atoms with Gasteiger partial charge in [0, 0.05) is 13.1 Å². The van der Waals surface area contributed by atoms with Crippen molar-refractivity contribution in [2.24, 2.45) is 0 Å². The van der Waals surface area contributed by atoms with E-state index in [1.807, 2.05) is 19.0 Å². The zero-order valence-corrected chi connectivity index (χ0v) is 9.60. The molecule has 7 heteroatoms. The Morgan fingerprint density at radius 2 is 2.00 bits per heavy atom. The van der Waals surface area contributed by atoms with E-state index in [9.17, 15) is 18.0 Å². The molecule has 1 unspecified atom stereocenters. The Balaban J connectivity index is 3.74. The van der Waals surface area contributed by atoms with Crippen molar-refractivity contribution in [1.82, 2.24) is 10.2 Å². The highest BCUT2D eigenvalue weighted by Gasteiger charge is 2.29. The third kappa shape index (κ3) is 8.49. The highest BCUT2D eigenvalue weighted by Crippen LogP contribution is 2.15. The number of carbonyl (C=O) groups excluding carboxylic acids is 1. The maximum Gasteiger partial charge on any atom is 0.411 e. The molecule has 1 atom stereocenters. The average molecular weight is 242 g/mol. The van der Waals surface area contributed by atoms with Crippen LogP contribution in [0.5, 0.6) is 0 Å². The SMILES string of the molecule is CC(OCC(F)(F)F)C(=O)NCCN(C)C. The van der Waals surface area contributed by atoms with Crippen LogP contribution in [0.15, 0.2) is 0 Å². The van der Waals surface area contributed by atoms with Crippen LogP contribution >= 0.6 is 0 Å². The van der Waals surface area contributed by atoms with Gasteiger partial charge in [-0.1, -0.05) is 0 Å². The first kappa shape index (κ1) is 15.2. The summed E-state index contributed by atoms with van der Waals surface area (Å²) in [4.78, 5) is 13.1. The van der Waals surface area contributed by atoms with Crippen molar-refractivity contribution < 1.29 is 22.7 Å². The molecule has 0 aromatic rings. The van der Waals surface area contributed by atoms with Crippen molar-refractivity contribution in [2.75, 3.05) is 33.8 Å². The summed E-state index contributed by atoms with van der Waals surface area (Å²) in [6.07, 6.45) is -5.50. The van der Waals surface area contributed by atoms with Crippen molar-refractivity contribution in [1.29, 1.82) is 0 Å². The molecular formula is C9H17F3N2O2. The summed E-state index contributed by atoms with van der Waals surface area (Å²) < 4.78 is 39.7. The van der Waals surface area contributed by atoms with E-state index < -0.39 is 24.8 Å². The van der Waals surface area contributed by atoms with Gasteiger partial charge in [-0.15, -0.1) is 0 Å². The quantitative estimate of drug-likeness (QED) is 0.743. The van der Waals surface area contributed by atoms with Crippen LogP contribution in [0.3, 0.4) is 0 Å². The molecule has 16 heavy (non-hydrogen) atoms. The third-order valence-electron chi connectivity index (χ3n) is 1.72. The molecule has 0 fully saturated rings. The van der Waals surface area contributed by atoms with Crippen LogP contribution < -0.4 is 5.32 Å². The Labute approximate surface area is 92.7 Å². The summed E-state index contributed by atoms with van der Waals surface area (Å²) in [6.45, 7) is 0.884. The summed E-state index contributed by atoms with van der Waals surface area (Å²) in [7, 11) is 3.66. The molecular weight excluding hydrogens is 225 g/mol. The number of carbonyl (C=O) groups is 1. The molecule has 0 aromatic carbocycles. The van der Waals surface area contributed by atoms with Gasteiger partial charge in [-0.2, -0.15) is 13.2 Å². The molecule has 0 bridgehead atoms. The predicted molar refractivity (Wildman–Crippen MR) is 53.0 cm³/mol. The topological polar surface area (TPSA) is 41.6 Å². The van der Waals surface area contributed by atoms with Crippen LogP contribution in [-0.2, 0) is 9.53 Å². The van der Waals surface area contributed by atoms with Gasteiger partial charge < -0.3 is 15.0 Å². The first-order chi connectivity index (χ1) is 7.22. The number of ether oxygens (including phenoxy) is 1.